The average molecular weight is 421 g/mol. The Kier molecular flexibility index (Phi) is 6.80. The molecule has 3 aromatic carbocycles. The van der Waals surface area contributed by atoms with Gasteiger partial charge < -0.3 is 19.5 Å². The molecule has 0 unspecified atom stereocenters. The molecule has 1 atom stereocenters. The van der Waals surface area contributed by atoms with Crippen LogP contribution < -0.4 is 10.1 Å². The number of methoxy groups -OCH3 is 1. The second-order valence-corrected chi connectivity index (χ2v) is 8.08. The van der Waals surface area contributed by atoms with Gasteiger partial charge in [0.25, 0.3) is 0 Å². The van der Waals surface area contributed by atoms with E-state index in [2.05, 4.69) is 29.6 Å². The third kappa shape index (κ3) is 5.98. The summed E-state index contributed by atoms with van der Waals surface area (Å²) in [6, 6.07) is 21.0. The summed E-state index contributed by atoms with van der Waals surface area (Å²) >= 11 is 0. The van der Waals surface area contributed by atoms with Crippen LogP contribution in [0.2, 0.25) is 0 Å². The molecule has 0 aromatic heterocycles. The van der Waals surface area contributed by atoms with Gasteiger partial charge in [0, 0.05) is 0 Å². The van der Waals surface area contributed by atoms with Gasteiger partial charge in [-0.05, 0) is 54.8 Å². The van der Waals surface area contributed by atoms with Gasteiger partial charge in [0.05, 0.1) is 7.11 Å². The van der Waals surface area contributed by atoms with Crippen LogP contribution in [0.4, 0.5) is 4.79 Å². The molecule has 31 heavy (non-hydrogen) atoms. The number of esters is 1. The number of amides is 1. The Morgan fingerprint density at radius 2 is 1.61 bits per heavy atom. The fourth-order valence-electron chi connectivity index (χ4n) is 3.15. The first-order valence-electron chi connectivity index (χ1n) is 10.1. The van der Waals surface area contributed by atoms with Gasteiger partial charge in [-0.3, -0.25) is 0 Å². The van der Waals surface area contributed by atoms with Crippen molar-refractivity contribution in [3.05, 3.63) is 66.7 Å². The summed E-state index contributed by atoms with van der Waals surface area (Å²) in [6.07, 6.45) is -0.710. The molecule has 0 saturated heterocycles. The number of nitrogens with one attached hydrogen (secondary N) is 1. The van der Waals surface area contributed by atoms with Crippen LogP contribution in [-0.2, 0) is 14.3 Å². The lowest BCUT2D eigenvalue weighted by molar-refractivity contribution is -0.143. The minimum Gasteiger partial charge on any atom is -0.491 e. The quantitative estimate of drug-likeness (QED) is 0.570. The summed E-state index contributed by atoms with van der Waals surface area (Å²) < 4.78 is 15.7. The van der Waals surface area contributed by atoms with Gasteiger partial charge in [0.15, 0.2) is 6.04 Å². The van der Waals surface area contributed by atoms with Crippen molar-refractivity contribution in [2.75, 3.05) is 13.7 Å². The molecule has 1 amide bonds. The van der Waals surface area contributed by atoms with Gasteiger partial charge in [0.1, 0.15) is 18.0 Å². The summed E-state index contributed by atoms with van der Waals surface area (Å²) in [5.74, 6) is -0.0397. The van der Waals surface area contributed by atoms with Crippen molar-refractivity contribution >= 4 is 22.8 Å². The third-order valence-corrected chi connectivity index (χ3v) is 4.55. The van der Waals surface area contributed by atoms with Gasteiger partial charge in [-0.25, -0.2) is 9.59 Å². The molecule has 0 aliphatic carbocycles. The van der Waals surface area contributed by atoms with E-state index in [-0.39, 0.29) is 6.61 Å². The second kappa shape index (κ2) is 9.51. The van der Waals surface area contributed by atoms with Gasteiger partial charge in [-0.1, -0.05) is 54.6 Å². The highest BCUT2D eigenvalue weighted by Gasteiger charge is 2.25. The molecule has 6 heteroatoms. The average Bonchev–Trinajstić information content (AvgIpc) is 2.75. The number of carbonyl (C=O) groups is 2. The van der Waals surface area contributed by atoms with E-state index in [1.807, 2.05) is 42.5 Å². The lowest BCUT2D eigenvalue weighted by Gasteiger charge is -2.22. The van der Waals surface area contributed by atoms with E-state index >= 15 is 0 Å². The highest BCUT2D eigenvalue weighted by atomic mass is 16.6. The maximum Gasteiger partial charge on any atom is 0.408 e. The summed E-state index contributed by atoms with van der Waals surface area (Å²) in [4.78, 5) is 24.0. The predicted molar refractivity (Wildman–Crippen MR) is 120 cm³/mol. The van der Waals surface area contributed by atoms with Crippen molar-refractivity contribution in [1.82, 2.24) is 5.32 Å². The first-order valence-corrected chi connectivity index (χ1v) is 10.1. The fraction of sp³-hybridized carbons (Fsp3) is 0.280. The molecule has 0 heterocycles. The van der Waals surface area contributed by atoms with Gasteiger partial charge >= 0.3 is 12.1 Å². The normalized spacial score (nSPS) is 12.1. The highest BCUT2D eigenvalue weighted by Crippen LogP contribution is 2.29. The van der Waals surface area contributed by atoms with Crippen LogP contribution in [0.5, 0.6) is 5.75 Å². The number of hydrogen-bond donors (Lipinski definition) is 1. The molecule has 0 fully saturated rings. The first-order chi connectivity index (χ1) is 14.8. The topological polar surface area (TPSA) is 73.9 Å². The van der Waals surface area contributed by atoms with Crippen LogP contribution in [0, 0.1) is 0 Å². The Morgan fingerprint density at radius 3 is 2.29 bits per heavy atom. The molecular weight excluding hydrogens is 394 g/mol. The van der Waals surface area contributed by atoms with Crippen molar-refractivity contribution in [1.29, 1.82) is 0 Å². The molecule has 0 aliphatic heterocycles. The standard InChI is InChI=1S/C25H27NO5/c1-25(2,3)31-24(28)26-22(23(27)29-4)16-30-19-14-12-18(13-15-19)21-11-7-9-17-8-5-6-10-20(17)21/h5-15,22H,16H2,1-4H3,(H,26,28)/t22-/m0/s1. The lowest BCUT2D eigenvalue weighted by atomic mass is 9.98. The summed E-state index contributed by atoms with van der Waals surface area (Å²) in [7, 11) is 1.26. The van der Waals surface area contributed by atoms with Crippen LogP contribution in [0.25, 0.3) is 21.9 Å². The number of alkyl carbamates (subject to hydrolysis) is 1. The zero-order valence-corrected chi connectivity index (χ0v) is 18.2. The van der Waals surface area contributed by atoms with Gasteiger partial charge in [-0.15, -0.1) is 0 Å². The molecule has 0 aliphatic rings. The Bertz CT molecular complexity index is 1050. The van der Waals surface area contributed by atoms with E-state index in [1.165, 1.54) is 17.9 Å². The maximum absolute atomic E-state index is 12.0. The number of carbonyl (C=O) groups excluding carboxylic acids is 2. The molecule has 1 N–H and O–H groups in total. The summed E-state index contributed by atoms with van der Waals surface area (Å²) in [5, 5.41) is 4.84. The van der Waals surface area contributed by atoms with Gasteiger partial charge in [0.2, 0.25) is 0 Å². The van der Waals surface area contributed by atoms with E-state index in [4.69, 9.17) is 14.2 Å². The molecule has 3 aromatic rings. The van der Waals surface area contributed by atoms with Crippen molar-refractivity contribution in [2.45, 2.75) is 32.4 Å². The van der Waals surface area contributed by atoms with Gasteiger partial charge in [-0.2, -0.15) is 0 Å². The molecule has 0 radical (unpaired) electrons. The third-order valence-electron chi connectivity index (χ3n) is 4.55. The number of ether oxygens (including phenoxy) is 3. The predicted octanol–water partition coefficient (Wildman–Crippen LogP) is 4.95. The van der Waals surface area contributed by atoms with Crippen molar-refractivity contribution in [3.8, 4) is 16.9 Å². The lowest BCUT2D eigenvalue weighted by Crippen LogP contribution is -2.47. The number of hydrogen-bond acceptors (Lipinski definition) is 5. The fourth-order valence-corrected chi connectivity index (χ4v) is 3.15. The Labute approximate surface area is 182 Å². The van der Waals surface area contributed by atoms with Crippen molar-refractivity contribution in [3.63, 3.8) is 0 Å². The van der Waals surface area contributed by atoms with Crippen LogP contribution in [-0.4, -0.2) is 37.4 Å². The summed E-state index contributed by atoms with van der Waals surface area (Å²) in [6.45, 7) is 5.15. The number of fused-ring (bicyclic) bond motifs is 1. The molecule has 6 nitrogen and oxygen atoms in total. The zero-order chi connectivity index (χ0) is 22.4. The SMILES string of the molecule is COC(=O)[C@H](COc1ccc(-c2cccc3ccccc23)cc1)NC(=O)OC(C)(C)C. The highest BCUT2D eigenvalue weighted by molar-refractivity contribution is 5.96. The van der Waals surface area contributed by atoms with E-state index in [9.17, 15) is 9.59 Å². The van der Waals surface area contributed by atoms with E-state index < -0.39 is 23.7 Å². The zero-order valence-electron chi connectivity index (χ0n) is 18.2. The van der Waals surface area contributed by atoms with Crippen molar-refractivity contribution in [2.24, 2.45) is 0 Å². The molecule has 0 saturated carbocycles. The van der Waals surface area contributed by atoms with E-state index in [0.29, 0.717) is 5.75 Å². The van der Waals surface area contributed by atoms with Crippen molar-refractivity contribution < 1.29 is 23.8 Å². The molecule has 0 spiro atoms. The van der Waals surface area contributed by atoms with Crippen LogP contribution >= 0.6 is 0 Å². The van der Waals surface area contributed by atoms with E-state index in [0.717, 1.165) is 11.1 Å². The molecule has 162 valence electrons. The molecule has 3 rings (SSSR count). The minimum absolute atomic E-state index is 0.0838. The second-order valence-electron chi connectivity index (χ2n) is 8.08. The van der Waals surface area contributed by atoms with Crippen LogP contribution in [0.15, 0.2) is 66.7 Å². The minimum atomic E-state index is -0.988. The summed E-state index contributed by atoms with van der Waals surface area (Å²) in [5.41, 5.74) is 1.51. The number of benzene rings is 3. The smallest absolute Gasteiger partial charge is 0.408 e. The number of rotatable bonds is 6. The monoisotopic (exact) mass is 421 g/mol. The largest absolute Gasteiger partial charge is 0.491 e. The Balaban J connectivity index is 1.69. The van der Waals surface area contributed by atoms with Crippen LogP contribution in [0.1, 0.15) is 20.8 Å². The molecule has 0 bridgehead atoms. The Morgan fingerprint density at radius 1 is 0.935 bits per heavy atom. The van der Waals surface area contributed by atoms with E-state index in [1.54, 1.807) is 20.8 Å². The van der Waals surface area contributed by atoms with Crippen LogP contribution in [0.3, 0.4) is 0 Å². The Hall–Kier alpha value is -3.54. The maximum atomic E-state index is 12.0. The molecular formula is C25H27NO5. The first kappa shape index (κ1) is 22.2.